The molecule has 124 valence electrons. The van der Waals surface area contributed by atoms with Crippen molar-refractivity contribution in [2.45, 2.75) is 40.7 Å². The summed E-state index contributed by atoms with van der Waals surface area (Å²) >= 11 is 0. The minimum absolute atomic E-state index is 0.221. The maximum Gasteiger partial charge on any atom is 0.157 e. The molecule has 3 nitrogen and oxygen atoms in total. The summed E-state index contributed by atoms with van der Waals surface area (Å²) in [7, 11) is 0. The van der Waals surface area contributed by atoms with Gasteiger partial charge in [0.1, 0.15) is 0 Å². The first kappa shape index (κ1) is 16.4. The van der Waals surface area contributed by atoms with Crippen LogP contribution in [0.4, 0.5) is 0 Å². The van der Waals surface area contributed by atoms with E-state index in [9.17, 15) is 4.79 Å². The minimum Gasteiger partial charge on any atom is -0.339 e. The molecule has 24 heavy (non-hydrogen) atoms. The highest BCUT2D eigenvalue weighted by molar-refractivity contribution is 5.87. The van der Waals surface area contributed by atoms with Crippen LogP contribution in [0.25, 0.3) is 22.2 Å². The molecule has 0 unspecified atom stereocenters. The van der Waals surface area contributed by atoms with Crippen LogP contribution >= 0.6 is 0 Å². The molecule has 0 atom stereocenters. The van der Waals surface area contributed by atoms with Crippen LogP contribution in [0, 0.1) is 5.41 Å². The Labute approximate surface area is 143 Å². The van der Waals surface area contributed by atoms with Gasteiger partial charge in [-0.05, 0) is 29.7 Å². The van der Waals surface area contributed by atoms with Crippen LogP contribution < -0.4 is 0 Å². The number of carbonyl (C=O) groups is 1. The number of aryl methyl sites for hydroxylation is 1. The van der Waals surface area contributed by atoms with Gasteiger partial charge in [-0.3, -0.25) is 9.78 Å². The highest BCUT2D eigenvalue weighted by Crippen LogP contribution is 2.25. The zero-order valence-corrected chi connectivity index (χ0v) is 14.8. The maximum absolute atomic E-state index is 12.4. The van der Waals surface area contributed by atoms with Gasteiger partial charge in [0, 0.05) is 23.4 Å². The quantitative estimate of drug-likeness (QED) is 0.686. The van der Waals surface area contributed by atoms with Gasteiger partial charge in [0.15, 0.2) is 5.78 Å². The van der Waals surface area contributed by atoms with Gasteiger partial charge >= 0.3 is 0 Å². The van der Waals surface area contributed by atoms with Crippen LogP contribution in [0.5, 0.6) is 0 Å². The highest BCUT2D eigenvalue weighted by atomic mass is 16.1. The lowest BCUT2D eigenvalue weighted by molar-refractivity contribution is -0.126. The van der Waals surface area contributed by atoms with Crippen molar-refractivity contribution in [3.63, 3.8) is 0 Å². The van der Waals surface area contributed by atoms with E-state index < -0.39 is 0 Å². The predicted molar refractivity (Wildman–Crippen MR) is 99.0 cm³/mol. The third-order valence-electron chi connectivity index (χ3n) is 4.44. The predicted octanol–water partition coefficient (Wildman–Crippen LogP) is 4.88. The molecular weight excluding hydrogens is 296 g/mol. The molecule has 0 bridgehead atoms. The summed E-state index contributed by atoms with van der Waals surface area (Å²) in [5, 5.41) is 0. The molecule has 0 aliphatic rings. The van der Waals surface area contributed by atoms with E-state index in [1.165, 1.54) is 11.1 Å². The Kier molecular flexibility index (Phi) is 4.27. The Hall–Kier alpha value is -2.42. The second-order valence-electron chi connectivity index (χ2n) is 7.30. The lowest BCUT2D eigenvalue weighted by Crippen LogP contribution is -2.24. The van der Waals surface area contributed by atoms with Crippen LogP contribution in [0.15, 0.2) is 48.8 Å². The van der Waals surface area contributed by atoms with E-state index >= 15 is 0 Å². The maximum atomic E-state index is 12.4. The van der Waals surface area contributed by atoms with Crippen LogP contribution in [0.3, 0.4) is 0 Å². The number of pyridine rings is 1. The molecule has 0 radical (unpaired) electrons. The number of benzene rings is 1. The largest absolute Gasteiger partial charge is 0.339 e. The summed E-state index contributed by atoms with van der Waals surface area (Å²) in [5.74, 6) is 0.221. The van der Waals surface area contributed by atoms with Crippen LogP contribution in [-0.4, -0.2) is 15.3 Å². The van der Waals surface area contributed by atoms with Crippen molar-refractivity contribution in [3.05, 3.63) is 54.4 Å². The fraction of sp³-hybridized carbons (Fsp3) is 0.333. The summed E-state index contributed by atoms with van der Waals surface area (Å²) in [6, 6.07) is 12.6. The van der Waals surface area contributed by atoms with Gasteiger partial charge < -0.3 is 4.57 Å². The molecule has 2 aromatic heterocycles. The Morgan fingerprint density at radius 1 is 1.12 bits per heavy atom. The normalized spacial score (nSPS) is 11.8. The molecule has 0 N–H and O–H groups in total. The first-order valence-corrected chi connectivity index (χ1v) is 8.46. The molecule has 0 fully saturated rings. The van der Waals surface area contributed by atoms with Crippen molar-refractivity contribution in [1.29, 1.82) is 0 Å². The zero-order valence-electron chi connectivity index (χ0n) is 14.8. The van der Waals surface area contributed by atoms with Crippen LogP contribution in [0.2, 0.25) is 0 Å². The Morgan fingerprint density at radius 2 is 1.92 bits per heavy atom. The number of rotatable bonds is 4. The summed E-state index contributed by atoms with van der Waals surface area (Å²) in [4.78, 5) is 16.9. The number of Topliss-reactive ketones (excluding diaryl/α,β-unsaturated/α-hetero) is 1. The number of nitrogens with zero attached hydrogens (tertiary/aromatic N) is 2. The van der Waals surface area contributed by atoms with E-state index in [2.05, 4.69) is 42.2 Å². The van der Waals surface area contributed by atoms with E-state index in [4.69, 9.17) is 0 Å². The van der Waals surface area contributed by atoms with Gasteiger partial charge in [-0.1, -0.05) is 52.0 Å². The lowest BCUT2D eigenvalue weighted by Gasteiger charge is -2.17. The first-order valence-electron chi connectivity index (χ1n) is 8.46. The molecule has 0 spiro atoms. The number of fused-ring (bicyclic) bond motifs is 1. The van der Waals surface area contributed by atoms with Gasteiger partial charge in [0.25, 0.3) is 0 Å². The van der Waals surface area contributed by atoms with E-state index in [-0.39, 0.29) is 11.2 Å². The van der Waals surface area contributed by atoms with Crippen molar-refractivity contribution in [1.82, 2.24) is 9.55 Å². The molecular formula is C21H24N2O. The average molecular weight is 320 g/mol. The Bertz CT molecular complexity index is 884. The molecule has 2 heterocycles. The topological polar surface area (TPSA) is 34.9 Å². The molecule has 3 heteroatoms. The lowest BCUT2D eigenvalue weighted by atomic mass is 9.91. The van der Waals surface area contributed by atoms with Crippen LogP contribution in [0.1, 0.15) is 33.3 Å². The van der Waals surface area contributed by atoms with E-state index in [1.54, 1.807) is 0 Å². The molecule has 1 aromatic carbocycles. The highest BCUT2D eigenvalue weighted by Gasteiger charge is 2.21. The van der Waals surface area contributed by atoms with Gasteiger partial charge in [0.05, 0.1) is 17.6 Å². The number of carbonyl (C=O) groups excluding carboxylic acids is 1. The second-order valence-corrected chi connectivity index (χ2v) is 7.30. The smallest absolute Gasteiger partial charge is 0.157 e. The molecule has 3 aromatic rings. The number of hydrogen-bond donors (Lipinski definition) is 0. The molecule has 0 aliphatic carbocycles. The number of aromatic nitrogens is 2. The zero-order chi connectivity index (χ0) is 17.3. The fourth-order valence-electron chi connectivity index (χ4n) is 2.72. The molecule has 0 saturated heterocycles. The minimum atomic E-state index is -0.336. The fourth-order valence-corrected chi connectivity index (χ4v) is 2.72. The average Bonchev–Trinajstić information content (AvgIpc) is 2.96. The van der Waals surface area contributed by atoms with Gasteiger partial charge in [-0.25, -0.2) is 0 Å². The van der Waals surface area contributed by atoms with Gasteiger partial charge in [0.2, 0.25) is 0 Å². The first-order chi connectivity index (χ1) is 11.4. The summed E-state index contributed by atoms with van der Waals surface area (Å²) in [6.07, 6.45) is 4.88. The number of ketones is 1. The van der Waals surface area contributed by atoms with Crippen molar-refractivity contribution in [3.8, 4) is 11.1 Å². The third kappa shape index (κ3) is 3.25. The summed E-state index contributed by atoms with van der Waals surface area (Å²) < 4.78 is 2.00. The third-order valence-corrected chi connectivity index (χ3v) is 4.44. The van der Waals surface area contributed by atoms with Crippen molar-refractivity contribution in [2.24, 2.45) is 5.41 Å². The molecule has 0 amide bonds. The molecule has 0 aliphatic heterocycles. The summed E-state index contributed by atoms with van der Waals surface area (Å²) in [5.41, 5.74) is 5.15. The van der Waals surface area contributed by atoms with E-state index in [0.717, 1.165) is 23.0 Å². The monoisotopic (exact) mass is 320 g/mol. The Balaban J connectivity index is 2.01. The SMILES string of the molecule is CCc1cccc(-c2cnc3ccn(CC(=O)C(C)(C)C)c3c2)c1. The van der Waals surface area contributed by atoms with Crippen LogP contribution in [-0.2, 0) is 17.8 Å². The standard InChI is InChI=1S/C21H24N2O/c1-5-15-7-6-8-16(11-15)17-12-19-18(22-13-17)9-10-23(19)14-20(24)21(2,3)4/h6-13H,5,14H2,1-4H3. The Morgan fingerprint density at radius 3 is 2.62 bits per heavy atom. The number of hydrogen-bond acceptors (Lipinski definition) is 2. The van der Waals surface area contributed by atoms with E-state index in [0.29, 0.717) is 6.54 Å². The summed E-state index contributed by atoms with van der Waals surface area (Å²) in [6.45, 7) is 8.42. The molecule has 3 rings (SSSR count). The molecule has 0 saturated carbocycles. The van der Waals surface area contributed by atoms with Crippen molar-refractivity contribution < 1.29 is 4.79 Å². The van der Waals surface area contributed by atoms with Gasteiger partial charge in [-0.15, -0.1) is 0 Å². The van der Waals surface area contributed by atoms with Crippen molar-refractivity contribution in [2.75, 3.05) is 0 Å². The van der Waals surface area contributed by atoms with Gasteiger partial charge in [-0.2, -0.15) is 0 Å². The van der Waals surface area contributed by atoms with E-state index in [1.807, 2.05) is 43.8 Å². The second kappa shape index (κ2) is 6.23. The van der Waals surface area contributed by atoms with Crippen molar-refractivity contribution >= 4 is 16.8 Å².